The van der Waals surface area contributed by atoms with Crippen molar-refractivity contribution < 1.29 is 42.3 Å². The molecule has 1 spiro atoms. The molecule has 0 aliphatic carbocycles. The molecule has 0 saturated carbocycles. The number of amides is 5. The molecule has 16 nitrogen and oxygen atoms in total. The smallest absolute Gasteiger partial charge is 0.255 e. The number of likely N-dealkylation sites (tertiary alicyclic amines) is 1. The summed E-state index contributed by atoms with van der Waals surface area (Å²) in [4.78, 5) is 80.7. The van der Waals surface area contributed by atoms with Crippen molar-refractivity contribution in [2.45, 2.75) is 75.7 Å². The van der Waals surface area contributed by atoms with E-state index in [2.05, 4.69) is 30.8 Å². The zero-order chi connectivity index (χ0) is 47.1. The van der Waals surface area contributed by atoms with E-state index >= 15 is 13.2 Å². The Balaban J connectivity index is 0.678. The monoisotopic (exact) mass is 948 g/mol. The molecule has 20 heteroatoms. The molecule has 6 aliphatic heterocycles. The van der Waals surface area contributed by atoms with Crippen molar-refractivity contribution >= 4 is 63.1 Å². The van der Waals surface area contributed by atoms with Gasteiger partial charge in [0.1, 0.15) is 23.5 Å². The molecule has 4 saturated heterocycles. The molecule has 0 radical (unpaired) electrons. The van der Waals surface area contributed by atoms with Crippen LogP contribution in [0, 0.1) is 22.9 Å². The van der Waals surface area contributed by atoms with Crippen molar-refractivity contribution in [1.29, 1.82) is 0 Å². The number of anilines is 4. The maximum Gasteiger partial charge on any atom is 0.255 e. The predicted molar refractivity (Wildman–Crippen MR) is 244 cm³/mol. The van der Waals surface area contributed by atoms with Crippen molar-refractivity contribution in [1.82, 2.24) is 29.7 Å². The molecular weight excluding hydrogens is 902 g/mol. The van der Waals surface area contributed by atoms with Crippen LogP contribution in [0.1, 0.15) is 71.9 Å². The minimum absolute atomic E-state index is 0.0221. The standard InChI is InChI=1S/C48H47F3N10O6S/c49-32-17-28(16-30-31(32)21-61(45(30)66)42(44(65)56-46-52-11-15-68-46)41-37-2-1-12-58(37)26-53-41)27-3-5-29(6-4-27)59-22-47(23-59)24-60(25-47)40(63)20-48(67)9-13-57(14-10-48)38-19-33(50)36(18-34(38)51)54-35-7-8-39(62)55-43(35)64/h3-6,11,15-19,26,35,42,54,67H,1-2,7-10,12-14,20-25H2,(H,52,56,65)(H,55,62,64). The molecule has 8 heterocycles. The average molecular weight is 949 g/mol. The molecule has 4 N–H and O–H groups in total. The number of halogens is 3. The summed E-state index contributed by atoms with van der Waals surface area (Å²) in [5.41, 5.74) is 2.51. The molecule has 2 aromatic heterocycles. The molecule has 11 rings (SSSR count). The third kappa shape index (κ3) is 7.91. The first kappa shape index (κ1) is 43.8. The van der Waals surface area contributed by atoms with Gasteiger partial charge in [0, 0.05) is 104 Å². The molecular formula is C48H47F3N10O6S. The quantitative estimate of drug-likeness (QED) is 0.131. The number of thiazole rings is 1. The topological polar surface area (TPSA) is 185 Å². The number of fused-ring (bicyclic) bond motifs is 2. The molecule has 3 aromatic carbocycles. The summed E-state index contributed by atoms with van der Waals surface area (Å²) in [6, 6.07) is 10.9. The Bertz CT molecular complexity index is 2870. The lowest BCUT2D eigenvalue weighted by Gasteiger charge is -2.61. The van der Waals surface area contributed by atoms with Crippen molar-refractivity contribution in [3.05, 3.63) is 106 Å². The first-order valence-electron chi connectivity index (χ1n) is 22.8. The van der Waals surface area contributed by atoms with Gasteiger partial charge in [-0.25, -0.2) is 23.1 Å². The molecule has 68 heavy (non-hydrogen) atoms. The number of aryl methyl sites for hydroxylation is 1. The molecule has 5 amide bonds. The third-order valence-corrected chi connectivity index (χ3v) is 15.1. The van der Waals surface area contributed by atoms with E-state index in [1.54, 1.807) is 33.8 Å². The van der Waals surface area contributed by atoms with Crippen molar-refractivity contribution in [3.63, 3.8) is 0 Å². The van der Waals surface area contributed by atoms with Gasteiger partial charge in [0.15, 0.2) is 11.2 Å². The van der Waals surface area contributed by atoms with Gasteiger partial charge in [-0.1, -0.05) is 12.1 Å². The van der Waals surface area contributed by atoms with Crippen LogP contribution in [0.2, 0.25) is 0 Å². The Hall–Kier alpha value is -6.80. The number of hydrogen-bond donors (Lipinski definition) is 4. The van der Waals surface area contributed by atoms with E-state index < -0.39 is 58.8 Å². The van der Waals surface area contributed by atoms with Gasteiger partial charge in [-0.15, -0.1) is 11.3 Å². The number of carbonyl (C=O) groups excluding carboxylic acids is 5. The van der Waals surface area contributed by atoms with Crippen LogP contribution in [0.3, 0.4) is 0 Å². The largest absolute Gasteiger partial charge is 0.389 e. The SMILES string of the molecule is O=C1CCC(Nc2cc(F)c(N3CCC(O)(CC(=O)N4CC5(C4)CN(c4ccc(-c6cc(F)c7c(c6)C(=O)N(C(C(=O)Nc6nccs6)c6ncn8c6CCC8)C7)cc4)C5)CC3)cc2F)C(=O)N1. The summed E-state index contributed by atoms with van der Waals surface area (Å²) in [7, 11) is 0. The summed E-state index contributed by atoms with van der Waals surface area (Å²) < 4.78 is 48.3. The fraction of sp³-hybridized carbons (Fsp3) is 0.396. The van der Waals surface area contributed by atoms with Crippen LogP contribution in [-0.2, 0) is 38.7 Å². The Morgan fingerprint density at radius 3 is 2.41 bits per heavy atom. The minimum atomic E-state index is -1.29. The second-order valence-electron chi connectivity index (χ2n) is 19.0. The zero-order valence-corrected chi connectivity index (χ0v) is 37.6. The zero-order valence-electron chi connectivity index (χ0n) is 36.8. The van der Waals surface area contributed by atoms with Crippen LogP contribution in [0.5, 0.6) is 0 Å². The van der Waals surface area contributed by atoms with Crippen molar-refractivity contribution in [2.24, 2.45) is 5.41 Å². The third-order valence-electron chi connectivity index (χ3n) is 14.4. The summed E-state index contributed by atoms with van der Waals surface area (Å²) >= 11 is 1.26. The number of nitrogens with one attached hydrogen (secondary N) is 3. The van der Waals surface area contributed by atoms with Crippen LogP contribution in [0.25, 0.3) is 11.1 Å². The van der Waals surface area contributed by atoms with Crippen LogP contribution < -0.4 is 25.8 Å². The normalized spacial score (nSPS) is 20.7. The van der Waals surface area contributed by atoms with E-state index in [9.17, 15) is 29.1 Å². The van der Waals surface area contributed by atoms with Crippen LogP contribution in [-0.4, -0.2) is 110 Å². The van der Waals surface area contributed by atoms with Gasteiger partial charge in [-0.3, -0.25) is 34.6 Å². The minimum Gasteiger partial charge on any atom is -0.389 e. The van der Waals surface area contributed by atoms with E-state index in [1.165, 1.54) is 22.3 Å². The molecule has 2 unspecified atom stereocenters. The highest BCUT2D eigenvalue weighted by molar-refractivity contribution is 7.13. The number of carbonyl (C=O) groups is 5. The van der Waals surface area contributed by atoms with E-state index in [4.69, 9.17) is 0 Å². The number of nitrogens with zero attached hydrogens (tertiary/aromatic N) is 7. The fourth-order valence-corrected chi connectivity index (χ4v) is 11.3. The summed E-state index contributed by atoms with van der Waals surface area (Å²) in [5, 5.41) is 21.2. The summed E-state index contributed by atoms with van der Waals surface area (Å²) in [6.45, 7) is 3.68. The lowest BCUT2D eigenvalue weighted by molar-refractivity contribution is -0.151. The van der Waals surface area contributed by atoms with Gasteiger partial charge in [0.25, 0.3) is 11.8 Å². The van der Waals surface area contributed by atoms with Crippen LogP contribution in [0.15, 0.2) is 66.4 Å². The highest BCUT2D eigenvalue weighted by Crippen LogP contribution is 2.44. The van der Waals surface area contributed by atoms with Gasteiger partial charge in [0.05, 0.1) is 42.0 Å². The lowest BCUT2D eigenvalue weighted by Crippen LogP contribution is -2.73. The average Bonchev–Trinajstić information content (AvgIpc) is 4.11. The van der Waals surface area contributed by atoms with Crippen LogP contribution in [0.4, 0.5) is 35.4 Å². The molecule has 0 bridgehead atoms. The molecule has 6 aliphatic rings. The number of imide groups is 1. The first-order chi connectivity index (χ1) is 32.7. The van der Waals surface area contributed by atoms with E-state index in [0.29, 0.717) is 29.5 Å². The van der Waals surface area contributed by atoms with Gasteiger partial charge in [-0.05, 0) is 67.5 Å². The van der Waals surface area contributed by atoms with Gasteiger partial charge in [0.2, 0.25) is 17.7 Å². The highest BCUT2D eigenvalue weighted by Gasteiger charge is 2.54. The van der Waals surface area contributed by atoms with Crippen molar-refractivity contribution in [2.75, 3.05) is 59.7 Å². The number of rotatable bonds is 11. The number of piperidine rings is 2. The Labute approximate surface area is 392 Å². The fourth-order valence-electron chi connectivity index (χ4n) is 10.8. The Morgan fingerprint density at radius 1 is 0.897 bits per heavy atom. The van der Waals surface area contributed by atoms with E-state index in [-0.39, 0.29) is 85.6 Å². The molecule has 5 aromatic rings. The molecule has 2 atom stereocenters. The highest BCUT2D eigenvalue weighted by atomic mass is 32.1. The number of aromatic nitrogens is 3. The van der Waals surface area contributed by atoms with Gasteiger partial charge >= 0.3 is 0 Å². The molecule has 352 valence electrons. The van der Waals surface area contributed by atoms with E-state index in [0.717, 1.165) is 61.6 Å². The van der Waals surface area contributed by atoms with Crippen molar-refractivity contribution in [3.8, 4) is 11.1 Å². The Kier molecular flexibility index (Phi) is 10.8. The molecule has 4 fully saturated rings. The van der Waals surface area contributed by atoms with Gasteiger partial charge < -0.3 is 34.6 Å². The second kappa shape index (κ2) is 16.8. The number of aliphatic hydroxyl groups is 1. The Morgan fingerprint density at radius 2 is 1.68 bits per heavy atom. The summed E-state index contributed by atoms with van der Waals surface area (Å²) in [6.07, 6.45) is 5.44. The maximum atomic E-state index is 15.9. The predicted octanol–water partition coefficient (Wildman–Crippen LogP) is 4.99. The number of hydrogen-bond acceptors (Lipinski definition) is 12. The lowest BCUT2D eigenvalue weighted by atomic mass is 9.72. The second-order valence-corrected chi connectivity index (χ2v) is 19.9. The van der Waals surface area contributed by atoms with Crippen LogP contribution >= 0.6 is 11.3 Å². The number of benzene rings is 3. The van der Waals surface area contributed by atoms with E-state index in [1.807, 2.05) is 28.8 Å². The summed E-state index contributed by atoms with van der Waals surface area (Å²) in [5.74, 6) is -4.07. The first-order valence-corrected chi connectivity index (χ1v) is 23.7. The number of imidazole rings is 1. The maximum absolute atomic E-state index is 15.9. The van der Waals surface area contributed by atoms with Gasteiger partial charge in [-0.2, -0.15) is 0 Å².